The number of para-hydroxylation sites is 3. The van der Waals surface area contributed by atoms with E-state index < -0.39 is 0 Å². The third-order valence-corrected chi connectivity index (χ3v) is 29.9. The number of hydrogen-bond acceptors (Lipinski definition) is 11. The molecule has 0 bridgehead atoms. The van der Waals surface area contributed by atoms with Crippen LogP contribution in [-0.2, 0) is 0 Å². The summed E-state index contributed by atoms with van der Waals surface area (Å²) in [7, 11) is 0. The van der Waals surface area contributed by atoms with Crippen LogP contribution in [0.15, 0.2) is 496 Å². The molecule has 0 aliphatic carbocycles. The first kappa shape index (κ1) is 84.4. The lowest BCUT2D eigenvalue weighted by molar-refractivity contribution is 0.673. The van der Waals surface area contributed by atoms with Crippen LogP contribution in [-0.4, -0.2) is 53.6 Å². The quantitative estimate of drug-likeness (QED) is 0.104. The van der Waals surface area contributed by atoms with Crippen LogP contribution >= 0.6 is 22.7 Å². The van der Waals surface area contributed by atoms with Crippen molar-refractivity contribution >= 4 is 150 Å². The monoisotopic (exact) mass is 1880 g/mol. The minimum Gasteiger partial charge on any atom is -0.455 e. The van der Waals surface area contributed by atoms with Gasteiger partial charge in [0.15, 0.2) is 23.3 Å². The summed E-state index contributed by atoms with van der Waals surface area (Å²) in [6, 6.07) is 170. The summed E-state index contributed by atoms with van der Waals surface area (Å²) in [4.78, 5) is 40.8. The number of benzene rings is 20. The highest BCUT2D eigenvalue weighted by atomic mass is 32.1. The van der Waals surface area contributed by atoms with Gasteiger partial charge in [-0.1, -0.05) is 406 Å². The van der Waals surface area contributed by atoms with Gasteiger partial charge >= 0.3 is 0 Å². The minimum absolute atomic E-state index is 0.583. The van der Waals surface area contributed by atoms with E-state index in [0.717, 1.165) is 165 Å². The molecule has 0 aliphatic rings. The largest absolute Gasteiger partial charge is 0.455 e. The van der Waals surface area contributed by atoms with E-state index in [1.807, 2.05) is 114 Å². The molecule has 0 spiro atoms. The molecule has 29 aromatic rings. The van der Waals surface area contributed by atoms with Gasteiger partial charge in [-0.25, -0.2) is 19.9 Å². The van der Waals surface area contributed by atoms with Gasteiger partial charge in [-0.3, -0.25) is 13.7 Å². The molecule has 0 fully saturated rings. The molecule has 9 aromatic heterocycles. The van der Waals surface area contributed by atoms with E-state index in [4.69, 9.17) is 44.3 Å². The normalized spacial score (nSPS) is 11.6. The Morgan fingerprint density at radius 3 is 1.04 bits per heavy atom. The smallest absolute Gasteiger partial charge is 0.238 e. The molecule has 0 radical (unpaired) electrons. The van der Waals surface area contributed by atoms with Gasteiger partial charge in [-0.15, -0.1) is 22.7 Å². The molecular weight excluding hydrogens is 1800 g/mol. The average Bonchev–Trinajstić information content (AvgIpc) is 1.56. The molecule has 0 atom stereocenters. The van der Waals surface area contributed by atoms with Crippen LogP contribution < -0.4 is 0 Å². The predicted molar refractivity (Wildman–Crippen MR) is 598 cm³/mol. The van der Waals surface area contributed by atoms with Crippen LogP contribution in [0.4, 0.5) is 0 Å². The fraction of sp³-hybridized carbons (Fsp3) is 0. The van der Waals surface area contributed by atoms with E-state index in [1.54, 1.807) is 0 Å². The first-order chi connectivity index (χ1) is 71.4. The molecule has 0 N–H and O–H groups in total. The van der Waals surface area contributed by atoms with Crippen LogP contribution in [0, 0.1) is 0 Å². The Morgan fingerprint density at radius 1 is 0.188 bits per heavy atom. The van der Waals surface area contributed by atoms with Crippen LogP contribution in [0.2, 0.25) is 0 Å². The molecule has 20 aromatic carbocycles. The summed E-state index contributed by atoms with van der Waals surface area (Å²) in [6.07, 6.45) is 1.85. The maximum atomic E-state index is 6.45. The van der Waals surface area contributed by atoms with Crippen molar-refractivity contribution in [1.82, 2.24) is 53.6 Å². The SMILES string of the molecule is c1ccc(-c2ccc(-c3cccc(-c4ccnc(-n5c6ccccc6c6c7oc8ccccc8c7ccc65)n4)c3)cc2)cc1.c1ccc(-c2ccc3c4ccc(-c5cccc6c5sc5ccccc56)cc4n(-c4nc(-c5ccccc5)nc(-c5ccccc5)n4)c3c2)cc1.c1ccc(-c2cccc(-c3nc(-c4ccccc4)nc(-n4c5ccccc5c5ccc(-c6cccc7c6sc6ccccc67)cc54)n3)c2)cc1. The number of thiophene rings is 2. The number of rotatable bonds is 14. The Balaban J connectivity index is 0.000000108. The fourth-order valence-electron chi connectivity index (χ4n) is 20.6. The molecule has 0 amide bonds. The van der Waals surface area contributed by atoms with Crippen molar-refractivity contribution in [2.45, 2.75) is 0 Å². The summed E-state index contributed by atoms with van der Waals surface area (Å²) < 4.78 is 18.2. The lowest BCUT2D eigenvalue weighted by atomic mass is 9.98. The number of hydrogen-bond donors (Lipinski definition) is 0. The summed E-state index contributed by atoms with van der Waals surface area (Å²) in [5, 5.41) is 14.2. The summed E-state index contributed by atoms with van der Waals surface area (Å²) in [6.45, 7) is 0. The number of aromatic nitrogens is 11. The van der Waals surface area contributed by atoms with Crippen molar-refractivity contribution < 1.29 is 4.42 Å². The van der Waals surface area contributed by atoms with Crippen molar-refractivity contribution in [3.8, 4) is 141 Å². The molecular formula is C130H81N11OS2. The lowest BCUT2D eigenvalue weighted by Crippen LogP contribution is -2.06. The third-order valence-electron chi connectivity index (χ3n) is 27.5. The summed E-state index contributed by atoms with van der Waals surface area (Å²) in [5.74, 6) is 4.32. The molecule has 29 rings (SSSR count). The van der Waals surface area contributed by atoms with E-state index in [9.17, 15) is 0 Å². The zero-order chi connectivity index (χ0) is 95.1. The van der Waals surface area contributed by atoms with Crippen LogP contribution in [0.1, 0.15) is 0 Å². The maximum Gasteiger partial charge on any atom is 0.238 e. The molecule has 9 heterocycles. The standard InChI is InChI=1S/2C45H28N4S.C40H25N3O/c1-4-13-29(14-5-1)32-23-25-35-36-26-24-33(34-20-12-21-38-37-19-10-11-22-41(37)50-42(34)38)28-40(36)49(39(35)27-32)45-47-43(30-15-6-2-7-16-30)46-44(48-45)31-17-8-3-9-18-31;1-3-13-29(14-4-1)31-17-11-18-33(27-31)44-46-43(30-15-5-2-6-16-30)47-45(48-44)49-39-23-9-7-19-35(39)36-26-25-32(28-40(36)49)34-21-12-22-38-37-20-8-10-24-41(37)50-42(34)38;1-2-9-26(10-3-1)27-17-19-28(20-18-27)29-11-8-12-30(25-29)34-23-24-41-40(42-34)43-35-15-6-4-14-33(35)38-36(43)22-21-32-31-13-5-7-16-37(31)44-39(32)38/h2*1-28H;1-25H. The van der Waals surface area contributed by atoms with Gasteiger partial charge in [0, 0.05) is 112 Å². The van der Waals surface area contributed by atoms with Crippen LogP contribution in [0.3, 0.4) is 0 Å². The predicted octanol–water partition coefficient (Wildman–Crippen LogP) is 34.5. The van der Waals surface area contributed by atoms with Crippen molar-refractivity contribution in [3.63, 3.8) is 0 Å². The van der Waals surface area contributed by atoms with Gasteiger partial charge in [0.25, 0.3) is 0 Å². The first-order valence-corrected chi connectivity index (χ1v) is 49.8. The van der Waals surface area contributed by atoms with Gasteiger partial charge in [0.05, 0.1) is 44.2 Å². The highest BCUT2D eigenvalue weighted by Crippen LogP contribution is 2.48. The Kier molecular flexibility index (Phi) is 21.0. The molecule has 144 heavy (non-hydrogen) atoms. The topological polar surface area (TPSA) is 131 Å². The average molecular weight is 1880 g/mol. The zero-order valence-electron chi connectivity index (χ0n) is 77.4. The van der Waals surface area contributed by atoms with E-state index >= 15 is 0 Å². The van der Waals surface area contributed by atoms with E-state index in [1.165, 1.54) is 62.6 Å². The first-order valence-electron chi connectivity index (χ1n) is 48.1. The molecule has 12 nitrogen and oxygen atoms in total. The van der Waals surface area contributed by atoms with Crippen molar-refractivity contribution in [2.24, 2.45) is 0 Å². The summed E-state index contributed by atoms with van der Waals surface area (Å²) in [5.41, 5.74) is 27.7. The molecule has 0 saturated heterocycles. The summed E-state index contributed by atoms with van der Waals surface area (Å²) >= 11 is 3.71. The van der Waals surface area contributed by atoms with Gasteiger partial charge in [0.2, 0.25) is 17.8 Å². The Labute approximate surface area is 835 Å². The van der Waals surface area contributed by atoms with Crippen molar-refractivity contribution in [2.75, 3.05) is 0 Å². The van der Waals surface area contributed by atoms with Crippen LogP contribution in [0.25, 0.3) is 269 Å². The van der Waals surface area contributed by atoms with Gasteiger partial charge in [-0.2, -0.15) is 19.9 Å². The van der Waals surface area contributed by atoms with E-state index in [2.05, 4.69) is 414 Å². The van der Waals surface area contributed by atoms with Crippen LogP contribution in [0.5, 0.6) is 0 Å². The minimum atomic E-state index is 0.583. The second-order valence-electron chi connectivity index (χ2n) is 36.0. The molecule has 0 saturated carbocycles. The third kappa shape index (κ3) is 15.2. The number of fused-ring (bicyclic) bond motifs is 19. The van der Waals surface area contributed by atoms with Crippen molar-refractivity contribution in [3.05, 3.63) is 492 Å². The van der Waals surface area contributed by atoms with E-state index in [-0.39, 0.29) is 0 Å². The van der Waals surface area contributed by atoms with Gasteiger partial charge < -0.3 is 4.42 Å². The number of nitrogens with zero attached hydrogens (tertiary/aromatic N) is 11. The molecule has 674 valence electrons. The van der Waals surface area contributed by atoms with Gasteiger partial charge in [-0.05, 0) is 146 Å². The van der Waals surface area contributed by atoms with Gasteiger partial charge in [0.1, 0.15) is 11.2 Å². The second-order valence-corrected chi connectivity index (χ2v) is 38.1. The van der Waals surface area contributed by atoms with Crippen molar-refractivity contribution in [1.29, 1.82) is 0 Å². The molecule has 0 unspecified atom stereocenters. The zero-order valence-corrected chi connectivity index (χ0v) is 79.0. The fourth-order valence-corrected chi connectivity index (χ4v) is 23.1. The Hall–Kier alpha value is -18.9. The Morgan fingerprint density at radius 2 is 0.521 bits per heavy atom. The second kappa shape index (κ2) is 35.9. The van der Waals surface area contributed by atoms with E-state index in [0.29, 0.717) is 41.1 Å². The Bertz CT molecular complexity index is 9980. The molecule has 0 aliphatic heterocycles. The highest BCUT2D eigenvalue weighted by Gasteiger charge is 2.26. The molecule has 14 heteroatoms. The highest BCUT2D eigenvalue weighted by molar-refractivity contribution is 7.26. The lowest BCUT2D eigenvalue weighted by Gasteiger charge is -2.12. The number of furan rings is 1. The maximum absolute atomic E-state index is 6.45.